The Labute approximate surface area is 133 Å². The molecule has 3 rings (SSSR count). The predicted octanol–water partition coefficient (Wildman–Crippen LogP) is 4.61. The first-order valence-electron chi connectivity index (χ1n) is 8.17. The minimum Gasteiger partial charge on any atom is -0.346 e. The van der Waals surface area contributed by atoms with Crippen LogP contribution in [0.25, 0.3) is 0 Å². The predicted molar refractivity (Wildman–Crippen MR) is 88.8 cm³/mol. The Bertz CT molecular complexity index is 568. The summed E-state index contributed by atoms with van der Waals surface area (Å²) in [5, 5.41) is 0. The van der Waals surface area contributed by atoms with Crippen molar-refractivity contribution in [2.24, 2.45) is 0 Å². The van der Waals surface area contributed by atoms with Crippen LogP contribution in [0.3, 0.4) is 0 Å². The molecule has 0 N–H and O–H groups in total. The van der Waals surface area contributed by atoms with Gasteiger partial charge >= 0.3 is 0 Å². The van der Waals surface area contributed by atoms with Gasteiger partial charge in [0.25, 0.3) is 0 Å². The lowest BCUT2D eigenvalue weighted by atomic mass is 9.96. The van der Waals surface area contributed by atoms with Crippen LogP contribution >= 0.6 is 0 Å². The van der Waals surface area contributed by atoms with Gasteiger partial charge in [-0.3, -0.25) is 0 Å². The van der Waals surface area contributed by atoms with Crippen LogP contribution in [-0.4, -0.2) is 13.2 Å². The molecule has 0 unspecified atom stereocenters. The summed E-state index contributed by atoms with van der Waals surface area (Å²) in [7, 11) is 0. The first kappa shape index (κ1) is 15.3. The van der Waals surface area contributed by atoms with Crippen molar-refractivity contribution in [2.75, 3.05) is 13.2 Å². The summed E-state index contributed by atoms with van der Waals surface area (Å²) >= 11 is 0. The van der Waals surface area contributed by atoms with E-state index in [0.29, 0.717) is 0 Å². The van der Waals surface area contributed by atoms with Gasteiger partial charge in [-0.05, 0) is 31.7 Å². The van der Waals surface area contributed by atoms with E-state index < -0.39 is 5.79 Å². The number of hydrogen-bond donors (Lipinski definition) is 0. The fraction of sp³-hybridized carbons (Fsp3) is 0.400. The lowest BCUT2D eigenvalue weighted by Gasteiger charge is -2.37. The smallest absolute Gasteiger partial charge is 0.194 e. The molecule has 2 aromatic carbocycles. The largest absolute Gasteiger partial charge is 0.346 e. The number of hydrogen-bond acceptors (Lipinski definition) is 2. The molecule has 2 nitrogen and oxygen atoms in total. The lowest BCUT2D eigenvalue weighted by molar-refractivity contribution is -0.280. The molecule has 0 radical (unpaired) electrons. The Morgan fingerprint density at radius 3 is 2.27 bits per heavy atom. The molecule has 1 fully saturated rings. The average molecular weight is 296 g/mol. The van der Waals surface area contributed by atoms with Crippen LogP contribution in [0.1, 0.15) is 36.0 Å². The van der Waals surface area contributed by atoms with E-state index in [1.807, 2.05) is 6.07 Å². The van der Waals surface area contributed by atoms with Gasteiger partial charge in [-0.1, -0.05) is 60.2 Å². The van der Waals surface area contributed by atoms with E-state index in [1.165, 1.54) is 11.1 Å². The molecule has 22 heavy (non-hydrogen) atoms. The van der Waals surface area contributed by atoms with Gasteiger partial charge < -0.3 is 9.47 Å². The standard InChI is InChI=1S/C20H24O2/c1-17-10-12-18(13-11-17)7-5-14-20(21-15-6-16-22-20)19-8-3-2-4-9-19/h2-4,8-13H,5-7,14-16H2,1H3. The topological polar surface area (TPSA) is 18.5 Å². The molecule has 1 aliphatic heterocycles. The van der Waals surface area contributed by atoms with Gasteiger partial charge in [0.15, 0.2) is 5.79 Å². The van der Waals surface area contributed by atoms with Crippen molar-refractivity contribution in [3.63, 3.8) is 0 Å². The summed E-state index contributed by atoms with van der Waals surface area (Å²) in [5.41, 5.74) is 3.83. The highest BCUT2D eigenvalue weighted by Gasteiger charge is 2.35. The number of aryl methyl sites for hydroxylation is 2. The van der Waals surface area contributed by atoms with Crippen molar-refractivity contribution in [3.8, 4) is 0 Å². The zero-order valence-corrected chi connectivity index (χ0v) is 13.3. The molecule has 0 saturated carbocycles. The summed E-state index contributed by atoms with van der Waals surface area (Å²) in [5.74, 6) is -0.551. The van der Waals surface area contributed by atoms with Crippen LogP contribution in [0.15, 0.2) is 54.6 Å². The highest BCUT2D eigenvalue weighted by Crippen LogP contribution is 2.35. The summed E-state index contributed by atoms with van der Waals surface area (Å²) in [6.45, 7) is 3.68. The zero-order valence-electron chi connectivity index (χ0n) is 13.3. The molecule has 0 spiro atoms. The molecule has 0 atom stereocenters. The molecule has 1 aliphatic rings. The van der Waals surface area contributed by atoms with E-state index in [0.717, 1.165) is 44.5 Å². The second-order valence-electron chi connectivity index (χ2n) is 6.01. The van der Waals surface area contributed by atoms with Crippen LogP contribution in [0.2, 0.25) is 0 Å². The number of benzene rings is 2. The van der Waals surface area contributed by atoms with Crippen LogP contribution in [0.5, 0.6) is 0 Å². The molecular formula is C20H24O2. The summed E-state index contributed by atoms with van der Waals surface area (Å²) in [4.78, 5) is 0. The third-order valence-electron chi connectivity index (χ3n) is 4.26. The Balaban J connectivity index is 1.67. The van der Waals surface area contributed by atoms with Crippen molar-refractivity contribution in [1.82, 2.24) is 0 Å². The Kier molecular flexibility index (Phi) is 4.91. The fourth-order valence-electron chi connectivity index (χ4n) is 3.00. The number of ether oxygens (including phenoxy) is 2. The zero-order chi connectivity index (χ0) is 15.3. The van der Waals surface area contributed by atoms with E-state index in [1.54, 1.807) is 0 Å². The Morgan fingerprint density at radius 1 is 0.909 bits per heavy atom. The van der Waals surface area contributed by atoms with E-state index in [-0.39, 0.29) is 0 Å². The number of rotatable bonds is 5. The summed E-state index contributed by atoms with van der Waals surface area (Å²) < 4.78 is 12.2. The van der Waals surface area contributed by atoms with Gasteiger partial charge in [-0.25, -0.2) is 0 Å². The van der Waals surface area contributed by atoms with Crippen LogP contribution < -0.4 is 0 Å². The Hall–Kier alpha value is -1.64. The maximum atomic E-state index is 6.09. The van der Waals surface area contributed by atoms with E-state index >= 15 is 0 Å². The molecule has 0 aliphatic carbocycles. The molecule has 1 heterocycles. The van der Waals surface area contributed by atoms with Gasteiger partial charge in [0.2, 0.25) is 0 Å². The minimum atomic E-state index is -0.551. The maximum Gasteiger partial charge on any atom is 0.194 e. The molecule has 2 heteroatoms. The molecular weight excluding hydrogens is 272 g/mol. The molecule has 0 amide bonds. The highest BCUT2D eigenvalue weighted by atomic mass is 16.7. The first-order chi connectivity index (χ1) is 10.8. The van der Waals surface area contributed by atoms with Crippen LogP contribution in [0.4, 0.5) is 0 Å². The van der Waals surface area contributed by atoms with Crippen molar-refractivity contribution >= 4 is 0 Å². The third-order valence-corrected chi connectivity index (χ3v) is 4.26. The lowest BCUT2D eigenvalue weighted by Crippen LogP contribution is -2.38. The quantitative estimate of drug-likeness (QED) is 0.802. The van der Waals surface area contributed by atoms with Gasteiger partial charge in [0, 0.05) is 12.0 Å². The van der Waals surface area contributed by atoms with Gasteiger partial charge in [-0.2, -0.15) is 0 Å². The van der Waals surface area contributed by atoms with Crippen LogP contribution in [0, 0.1) is 6.92 Å². The summed E-state index contributed by atoms with van der Waals surface area (Å²) in [6.07, 6.45) is 3.98. The van der Waals surface area contributed by atoms with Crippen LogP contribution in [-0.2, 0) is 21.7 Å². The SMILES string of the molecule is Cc1ccc(CCCC2(c3ccccc3)OCCCO2)cc1. The molecule has 2 aromatic rings. The summed E-state index contributed by atoms with van der Waals surface area (Å²) in [6, 6.07) is 19.1. The van der Waals surface area contributed by atoms with Gasteiger partial charge in [0.1, 0.15) is 0 Å². The van der Waals surface area contributed by atoms with Crippen molar-refractivity contribution in [3.05, 3.63) is 71.3 Å². The van der Waals surface area contributed by atoms with Crippen molar-refractivity contribution in [1.29, 1.82) is 0 Å². The molecule has 0 aromatic heterocycles. The van der Waals surface area contributed by atoms with Crippen molar-refractivity contribution < 1.29 is 9.47 Å². The first-order valence-corrected chi connectivity index (χ1v) is 8.17. The highest BCUT2D eigenvalue weighted by molar-refractivity contribution is 5.22. The second kappa shape index (κ2) is 7.08. The van der Waals surface area contributed by atoms with Gasteiger partial charge in [0.05, 0.1) is 13.2 Å². The van der Waals surface area contributed by atoms with E-state index in [9.17, 15) is 0 Å². The maximum absolute atomic E-state index is 6.09. The molecule has 1 saturated heterocycles. The fourth-order valence-corrected chi connectivity index (χ4v) is 3.00. The van der Waals surface area contributed by atoms with E-state index in [2.05, 4.69) is 55.5 Å². The van der Waals surface area contributed by atoms with Gasteiger partial charge in [-0.15, -0.1) is 0 Å². The van der Waals surface area contributed by atoms with E-state index in [4.69, 9.17) is 9.47 Å². The monoisotopic (exact) mass is 296 g/mol. The molecule has 0 bridgehead atoms. The Morgan fingerprint density at radius 2 is 1.59 bits per heavy atom. The molecule has 116 valence electrons. The third kappa shape index (κ3) is 3.57. The average Bonchev–Trinajstić information content (AvgIpc) is 2.58. The van der Waals surface area contributed by atoms with Crippen molar-refractivity contribution in [2.45, 2.75) is 38.4 Å². The second-order valence-corrected chi connectivity index (χ2v) is 6.01. The minimum absolute atomic E-state index is 0.551. The normalized spacial score (nSPS) is 17.3.